The molecule has 0 bridgehead atoms. The van der Waals surface area contributed by atoms with Gasteiger partial charge in [-0.3, -0.25) is 0 Å². The molecule has 0 saturated carbocycles. The molecule has 0 aromatic heterocycles. The summed E-state index contributed by atoms with van der Waals surface area (Å²) < 4.78 is 0. The van der Waals surface area contributed by atoms with Gasteiger partial charge in [-0.1, -0.05) is 157 Å². The number of benzene rings is 8. The van der Waals surface area contributed by atoms with Crippen LogP contribution in [-0.4, -0.2) is 0 Å². The van der Waals surface area contributed by atoms with Crippen molar-refractivity contribution >= 4 is 10.8 Å². The van der Waals surface area contributed by atoms with Crippen molar-refractivity contribution in [1.29, 1.82) is 0 Å². The van der Waals surface area contributed by atoms with Gasteiger partial charge in [0.1, 0.15) is 0 Å². The van der Waals surface area contributed by atoms with E-state index >= 15 is 0 Å². The summed E-state index contributed by atoms with van der Waals surface area (Å²) in [6.45, 7) is 14.4. The average Bonchev–Trinajstić information content (AvgIpc) is 3.68. The van der Waals surface area contributed by atoms with Gasteiger partial charge in [-0.05, 0) is 153 Å². The van der Waals surface area contributed by atoms with E-state index in [9.17, 15) is 0 Å². The number of fused-ring (bicyclic) bond motifs is 10. The Morgan fingerprint density at radius 3 is 1.18 bits per heavy atom. The number of hydrogen-bond donors (Lipinski definition) is 0. The Bertz CT molecular complexity index is 2930. The van der Waals surface area contributed by atoms with Crippen LogP contribution in [0.4, 0.5) is 0 Å². The van der Waals surface area contributed by atoms with Crippen LogP contribution in [0.2, 0.25) is 0 Å². The normalized spacial score (nSPS) is 15.9. The summed E-state index contributed by atoms with van der Waals surface area (Å²) in [5, 5.41) is 2.54. The first kappa shape index (κ1) is 32.5. The van der Waals surface area contributed by atoms with Crippen LogP contribution in [0.25, 0.3) is 77.5 Å². The molecule has 8 aromatic carbocycles. The van der Waals surface area contributed by atoms with E-state index in [-0.39, 0.29) is 16.2 Å². The van der Waals surface area contributed by atoms with Crippen molar-refractivity contribution in [2.24, 2.45) is 0 Å². The Morgan fingerprint density at radius 1 is 0.236 bits per heavy atom. The average molecular weight is 705 g/mol. The largest absolute Gasteiger partial charge is 0.0622 e. The molecule has 264 valence electrons. The minimum Gasteiger partial charge on any atom is -0.0622 e. The minimum atomic E-state index is -0.138. The van der Waals surface area contributed by atoms with Crippen LogP contribution in [0.15, 0.2) is 158 Å². The summed E-state index contributed by atoms with van der Waals surface area (Å²) in [4.78, 5) is 0. The molecule has 0 saturated heterocycles. The fraction of sp³-hybridized carbons (Fsp3) is 0.164. The Kier molecular flexibility index (Phi) is 6.52. The molecule has 0 aliphatic heterocycles. The van der Waals surface area contributed by atoms with E-state index in [4.69, 9.17) is 0 Å². The second-order valence-electron chi connectivity index (χ2n) is 17.8. The van der Waals surface area contributed by atoms with Crippen molar-refractivity contribution in [3.63, 3.8) is 0 Å². The van der Waals surface area contributed by atoms with Gasteiger partial charge in [-0.25, -0.2) is 0 Å². The third kappa shape index (κ3) is 4.46. The highest BCUT2D eigenvalue weighted by Gasteiger charge is 2.42. The van der Waals surface area contributed by atoms with Crippen molar-refractivity contribution in [2.75, 3.05) is 0 Å². The second-order valence-corrected chi connectivity index (χ2v) is 17.8. The lowest BCUT2D eigenvalue weighted by atomic mass is 9.78. The molecule has 0 nitrogen and oxygen atoms in total. The zero-order valence-electron chi connectivity index (χ0n) is 32.5. The molecule has 3 aliphatic carbocycles. The Hall–Kier alpha value is -5.98. The molecule has 8 aromatic rings. The first-order valence-corrected chi connectivity index (χ1v) is 19.8. The van der Waals surface area contributed by atoms with E-state index in [0.717, 1.165) is 0 Å². The zero-order valence-corrected chi connectivity index (χ0v) is 32.5. The first-order valence-electron chi connectivity index (χ1n) is 19.8. The van der Waals surface area contributed by atoms with Gasteiger partial charge in [0.15, 0.2) is 0 Å². The molecule has 0 fully saturated rings. The van der Waals surface area contributed by atoms with Gasteiger partial charge in [0.25, 0.3) is 0 Å². The summed E-state index contributed by atoms with van der Waals surface area (Å²) in [6.07, 6.45) is 0. The topological polar surface area (TPSA) is 0 Å². The highest BCUT2D eigenvalue weighted by molar-refractivity contribution is 5.98. The minimum absolute atomic E-state index is 0.0156. The van der Waals surface area contributed by atoms with E-state index in [1.54, 1.807) is 0 Å². The van der Waals surface area contributed by atoms with Crippen molar-refractivity contribution in [3.05, 3.63) is 191 Å². The maximum absolute atomic E-state index is 2.54. The lowest BCUT2D eigenvalue weighted by Gasteiger charge is -2.25. The fourth-order valence-corrected chi connectivity index (χ4v) is 10.5. The Labute approximate surface area is 325 Å². The second kappa shape index (κ2) is 11.0. The lowest BCUT2D eigenvalue weighted by Crippen LogP contribution is -2.17. The molecule has 0 unspecified atom stereocenters. The lowest BCUT2D eigenvalue weighted by molar-refractivity contribution is 0.652. The SMILES string of the molecule is CC1(C)c2ccccc2-c2ccc(-c3ccc4c(c3)C(C)(C)c3cc5c(cc3-4)C(C)(C)c3cc(-c4cc6ccccc6cc4-c4ccccc4)ccc3-5)cc21. The first-order chi connectivity index (χ1) is 26.5. The number of rotatable bonds is 3. The molecular weight excluding hydrogens is 661 g/mol. The van der Waals surface area contributed by atoms with Gasteiger partial charge in [-0.15, -0.1) is 0 Å². The van der Waals surface area contributed by atoms with Crippen LogP contribution in [0.1, 0.15) is 74.9 Å². The molecular formula is C55H44. The highest BCUT2D eigenvalue weighted by Crippen LogP contribution is 2.57. The predicted molar refractivity (Wildman–Crippen MR) is 233 cm³/mol. The van der Waals surface area contributed by atoms with E-state index in [1.807, 2.05) is 0 Å². The molecule has 0 radical (unpaired) electrons. The molecule has 55 heavy (non-hydrogen) atoms. The van der Waals surface area contributed by atoms with Gasteiger partial charge in [0, 0.05) is 16.2 Å². The summed E-state index contributed by atoms with van der Waals surface area (Å²) in [5.74, 6) is 0. The smallest absolute Gasteiger partial charge is 0.0159 e. The molecule has 0 heteroatoms. The molecule has 3 aliphatic rings. The van der Waals surface area contributed by atoms with E-state index in [1.165, 1.54) is 111 Å². The van der Waals surface area contributed by atoms with E-state index < -0.39 is 0 Å². The quantitative estimate of drug-likeness (QED) is 0.172. The summed E-state index contributed by atoms with van der Waals surface area (Å²) >= 11 is 0. The molecule has 0 atom stereocenters. The van der Waals surface area contributed by atoms with Gasteiger partial charge >= 0.3 is 0 Å². The van der Waals surface area contributed by atoms with Crippen molar-refractivity contribution < 1.29 is 0 Å². The molecule has 0 N–H and O–H groups in total. The maximum Gasteiger partial charge on any atom is 0.0159 e. The third-order valence-corrected chi connectivity index (χ3v) is 13.7. The Balaban J connectivity index is 1.000. The van der Waals surface area contributed by atoms with Crippen LogP contribution in [0.5, 0.6) is 0 Å². The predicted octanol–water partition coefficient (Wildman–Crippen LogP) is 14.8. The Morgan fingerprint density at radius 2 is 0.618 bits per heavy atom. The van der Waals surface area contributed by atoms with Gasteiger partial charge in [0.05, 0.1) is 0 Å². The van der Waals surface area contributed by atoms with Crippen LogP contribution < -0.4 is 0 Å². The van der Waals surface area contributed by atoms with E-state index in [2.05, 4.69) is 199 Å². The standard InChI is InChI=1S/C55H44/c1-53(2)47-19-13-12-18-39(47)40-23-20-36(28-48(40)53)37-21-24-41-45-31-52-46(32-51(45)54(3,4)49(41)29-37)42-25-22-38(30-50(42)55(52,5)6)44-27-35-17-11-10-16-34(35)26-43(44)33-14-8-7-9-15-33/h7-32H,1-6H3. The maximum atomic E-state index is 2.54. The summed E-state index contributed by atoms with van der Waals surface area (Å²) in [5.41, 5.74) is 24.2. The monoisotopic (exact) mass is 704 g/mol. The van der Waals surface area contributed by atoms with Crippen molar-refractivity contribution in [2.45, 2.75) is 57.8 Å². The zero-order chi connectivity index (χ0) is 37.4. The summed E-state index contributed by atoms with van der Waals surface area (Å²) in [7, 11) is 0. The van der Waals surface area contributed by atoms with Crippen LogP contribution in [-0.2, 0) is 16.2 Å². The fourth-order valence-electron chi connectivity index (χ4n) is 10.5. The van der Waals surface area contributed by atoms with E-state index in [0.29, 0.717) is 0 Å². The van der Waals surface area contributed by atoms with Crippen LogP contribution >= 0.6 is 0 Å². The third-order valence-electron chi connectivity index (χ3n) is 13.7. The van der Waals surface area contributed by atoms with Crippen molar-refractivity contribution in [1.82, 2.24) is 0 Å². The van der Waals surface area contributed by atoms with Gasteiger partial charge in [-0.2, -0.15) is 0 Å². The van der Waals surface area contributed by atoms with Crippen LogP contribution in [0, 0.1) is 0 Å². The van der Waals surface area contributed by atoms with Crippen LogP contribution in [0.3, 0.4) is 0 Å². The summed E-state index contributed by atoms with van der Waals surface area (Å²) in [6, 6.07) is 59.9. The van der Waals surface area contributed by atoms with Crippen molar-refractivity contribution in [3.8, 4) is 66.8 Å². The molecule has 0 heterocycles. The number of hydrogen-bond acceptors (Lipinski definition) is 0. The molecule has 0 amide bonds. The molecule has 0 spiro atoms. The van der Waals surface area contributed by atoms with Gasteiger partial charge in [0.2, 0.25) is 0 Å². The highest BCUT2D eigenvalue weighted by atomic mass is 14.5. The van der Waals surface area contributed by atoms with Gasteiger partial charge < -0.3 is 0 Å². The molecule has 11 rings (SSSR count).